The molecule has 0 N–H and O–H groups in total. The van der Waals surface area contributed by atoms with Crippen LogP contribution in [0.4, 0.5) is 5.82 Å². The van der Waals surface area contributed by atoms with E-state index in [1.54, 1.807) is 24.3 Å². The average molecular weight is 401 g/mol. The van der Waals surface area contributed by atoms with Crippen LogP contribution in [0, 0.1) is 32.1 Å². The molecule has 1 saturated heterocycles. The number of carbonyl (C=O) groups is 1. The van der Waals surface area contributed by atoms with Gasteiger partial charge in [0.1, 0.15) is 11.6 Å². The lowest BCUT2D eigenvalue weighted by Gasteiger charge is -2.35. The maximum Gasteiger partial charge on any atom is 0.254 e. The fraction of sp³-hybridized carbons (Fsp3) is 0.318. The number of piperazine rings is 1. The van der Waals surface area contributed by atoms with Crippen LogP contribution >= 0.6 is 0 Å². The molecular weight excluding hydrogens is 378 g/mol. The van der Waals surface area contributed by atoms with Crippen molar-refractivity contribution >= 4 is 11.7 Å². The van der Waals surface area contributed by atoms with Crippen LogP contribution < -0.4 is 4.90 Å². The fourth-order valence-corrected chi connectivity index (χ4v) is 3.71. The molecule has 0 aliphatic carbocycles. The largest absolute Gasteiger partial charge is 0.353 e. The summed E-state index contributed by atoms with van der Waals surface area (Å²) in [6.45, 7) is 8.37. The minimum atomic E-state index is -0.0473. The molecule has 8 heteroatoms. The van der Waals surface area contributed by atoms with E-state index in [4.69, 9.17) is 5.26 Å². The second-order valence-electron chi connectivity index (χ2n) is 7.44. The molecule has 1 aliphatic heterocycles. The molecule has 3 heterocycles. The summed E-state index contributed by atoms with van der Waals surface area (Å²) in [6.07, 6.45) is 0. The number of amides is 1. The Balaban J connectivity index is 1.50. The number of nitrogens with zero attached hydrogens (tertiary/aromatic N) is 7. The molecule has 0 radical (unpaired) electrons. The highest BCUT2D eigenvalue weighted by Crippen LogP contribution is 2.19. The number of hydrogen-bond acceptors (Lipinski definition) is 6. The van der Waals surface area contributed by atoms with Crippen LogP contribution in [0.15, 0.2) is 36.4 Å². The minimum absolute atomic E-state index is 0.0473. The van der Waals surface area contributed by atoms with Crippen LogP contribution in [-0.2, 0) is 0 Å². The number of aryl methyl sites for hydroxylation is 3. The van der Waals surface area contributed by atoms with E-state index in [0.717, 1.165) is 23.0 Å². The van der Waals surface area contributed by atoms with E-state index >= 15 is 0 Å². The van der Waals surface area contributed by atoms with Gasteiger partial charge in [-0.3, -0.25) is 4.79 Å². The van der Waals surface area contributed by atoms with Crippen molar-refractivity contribution in [1.82, 2.24) is 24.6 Å². The lowest BCUT2D eigenvalue weighted by molar-refractivity contribution is 0.0746. The maximum absolute atomic E-state index is 12.8. The Labute approximate surface area is 175 Å². The number of aromatic nitrogens is 4. The normalized spacial score (nSPS) is 13.9. The van der Waals surface area contributed by atoms with Crippen molar-refractivity contribution in [2.24, 2.45) is 0 Å². The molecule has 30 heavy (non-hydrogen) atoms. The monoisotopic (exact) mass is 401 g/mol. The van der Waals surface area contributed by atoms with Crippen LogP contribution in [0.5, 0.6) is 0 Å². The lowest BCUT2D eigenvalue weighted by atomic mass is 10.1. The first-order valence-corrected chi connectivity index (χ1v) is 9.88. The molecular formula is C22H23N7O. The summed E-state index contributed by atoms with van der Waals surface area (Å²) in [7, 11) is 0. The van der Waals surface area contributed by atoms with Crippen LogP contribution in [0.1, 0.15) is 33.1 Å². The fourth-order valence-electron chi connectivity index (χ4n) is 3.71. The van der Waals surface area contributed by atoms with Gasteiger partial charge in [-0.15, -0.1) is 0 Å². The first kappa shape index (κ1) is 19.6. The molecule has 4 rings (SSSR count). The Morgan fingerprint density at radius 1 is 1.00 bits per heavy atom. The van der Waals surface area contributed by atoms with Crippen LogP contribution in [0.3, 0.4) is 0 Å². The van der Waals surface area contributed by atoms with Crippen molar-refractivity contribution in [3.8, 4) is 11.9 Å². The second kappa shape index (κ2) is 7.95. The first-order valence-electron chi connectivity index (χ1n) is 9.88. The van der Waals surface area contributed by atoms with E-state index < -0.39 is 0 Å². The van der Waals surface area contributed by atoms with Crippen molar-refractivity contribution in [2.45, 2.75) is 20.8 Å². The quantitative estimate of drug-likeness (QED) is 0.669. The summed E-state index contributed by atoms with van der Waals surface area (Å²) in [4.78, 5) is 25.9. The zero-order valence-corrected chi connectivity index (χ0v) is 17.3. The molecule has 1 fully saturated rings. The third-order valence-corrected chi connectivity index (χ3v) is 5.17. The van der Waals surface area contributed by atoms with E-state index in [0.29, 0.717) is 43.1 Å². The molecule has 8 nitrogen and oxygen atoms in total. The van der Waals surface area contributed by atoms with E-state index in [2.05, 4.69) is 26.0 Å². The summed E-state index contributed by atoms with van der Waals surface area (Å²) in [5, 5.41) is 13.6. The number of anilines is 1. The standard InChI is InChI=1S/C22H23N7O/c1-15-11-16(2)29(26-15)21-13-20(24-17(3)25-21)27-7-9-28(10-8-27)22(30)19-6-4-5-18(12-19)14-23/h4-6,11-13H,7-10H2,1-3H3. The van der Waals surface area contributed by atoms with Crippen LogP contribution in [-0.4, -0.2) is 56.7 Å². The highest BCUT2D eigenvalue weighted by molar-refractivity contribution is 5.94. The Bertz CT molecular complexity index is 1140. The van der Waals surface area contributed by atoms with Gasteiger partial charge in [0.15, 0.2) is 5.82 Å². The highest BCUT2D eigenvalue weighted by Gasteiger charge is 2.24. The van der Waals surface area contributed by atoms with Gasteiger partial charge in [-0.25, -0.2) is 14.6 Å². The van der Waals surface area contributed by atoms with E-state index in [-0.39, 0.29) is 5.91 Å². The summed E-state index contributed by atoms with van der Waals surface area (Å²) >= 11 is 0. The van der Waals surface area contributed by atoms with Crippen molar-refractivity contribution in [1.29, 1.82) is 5.26 Å². The molecule has 0 spiro atoms. The van der Waals surface area contributed by atoms with Gasteiger partial charge >= 0.3 is 0 Å². The third-order valence-electron chi connectivity index (χ3n) is 5.17. The van der Waals surface area contributed by atoms with Gasteiger partial charge in [0.05, 0.1) is 17.3 Å². The van der Waals surface area contributed by atoms with E-state index in [9.17, 15) is 4.79 Å². The predicted octanol–water partition coefficient (Wildman–Crippen LogP) is 2.42. The zero-order valence-electron chi connectivity index (χ0n) is 17.3. The lowest BCUT2D eigenvalue weighted by Crippen LogP contribution is -2.49. The summed E-state index contributed by atoms with van der Waals surface area (Å²) in [5.74, 6) is 2.22. The summed E-state index contributed by atoms with van der Waals surface area (Å²) in [6, 6.07) is 12.9. The molecule has 3 aromatic rings. The molecule has 152 valence electrons. The van der Waals surface area contributed by atoms with Crippen molar-refractivity contribution in [2.75, 3.05) is 31.1 Å². The van der Waals surface area contributed by atoms with E-state index in [1.165, 1.54) is 0 Å². The molecule has 1 amide bonds. The van der Waals surface area contributed by atoms with Gasteiger partial charge in [-0.05, 0) is 45.0 Å². The molecule has 1 aromatic carbocycles. The average Bonchev–Trinajstić information content (AvgIpc) is 3.11. The van der Waals surface area contributed by atoms with Gasteiger partial charge in [0.25, 0.3) is 5.91 Å². The van der Waals surface area contributed by atoms with Crippen molar-refractivity contribution in [3.05, 3.63) is 64.7 Å². The van der Waals surface area contributed by atoms with Gasteiger partial charge < -0.3 is 9.80 Å². The summed E-state index contributed by atoms with van der Waals surface area (Å²) < 4.78 is 1.83. The maximum atomic E-state index is 12.8. The molecule has 0 unspecified atom stereocenters. The smallest absolute Gasteiger partial charge is 0.254 e. The van der Waals surface area contributed by atoms with Crippen molar-refractivity contribution in [3.63, 3.8) is 0 Å². The van der Waals surface area contributed by atoms with E-state index in [1.807, 2.05) is 42.5 Å². The molecule has 2 aromatic heterocycles. The SMILES string of the molecule is Cc1cc(C)n(-c2cc(N3CCN(C(=O)c4cccc(C#N)c4)CC3)nc(C)n2)n1. The minimum Gasteiger partial charge on any atom is -0.353 e. The number of nitriles is 1. The number of hydrogen-bond donors (Lipinski definition) is 0. The van der Waals surface area contributed by atoms with Crippen molar-refractivity contribution < 1.29 is 4.79 Å². The molecule has 1 aliphatic rings. The predicted molar refractivity (Wildman–Crippen MR) is 113 cm³/mol. The van der Waals surface area contributed by atoms with Gasteiger partial charge in [0, 0.05) is 43.5 Å². The third kappa shape index (κ3) is 3.87. The topological polar surface area (TPSA) is 90.9 Å². The Morgan fingerprint density at radius 3 is 2.40 bits per heavy atom. The van der Waals surface area contributed by atoms with Gasteiger partial charge in [-0.1, -0.05) is 6.07 Å². The molecule has 0 saturated carbocycles. The molecule has 0 atom stereocenters. The zero-order chi connectivity index (χ0) is 21.3. The van der Waals surface area contributed by atoms with Crippen LogP contribution in [0.25, 0.3) is 5.82 Å². The van der Waals surface area contributed by atoms with Gasteiger partial charge in [0.2, 0.25) is 0 Å². The Hall–Kier alpha value is -3.73. The molecule has 0 bridgehead atoms. The Morgan fingerprint density at radius 2 is 1.73 bits per heavy atom. The first-order chi connectivity index (χ1) is 14.4. The number of carbonyl (C=O) groups excluding carboxylic acids is 1. The highest BCUT2D eigenvalue weighted by atomic mass is 16.2. The van der Waals surface area contributed by atoms with Gasteiger partial charge in [-0.2, -0.15) is 10.4 Å². The van der Waals surface area contributed by atoms with Crippen LogP contribution in [0.2, 0.25) is 0 Å². The number of benzene rings is 1. The Kier molecular flexibility index (Phi) is 5.19. The summed E-state index contributed by atoms with van der Waals surface area (Å²) in [5.41, 5.74) is 3.00. The second-order valence-corrected chi connectivity index (χ2v) is 7.44. The number of rotatable bonds is 3.